The van der Waals surface area contributed by atoms with E-state index in [0.29, 0.717) is 17.1 Å². The van der Waals surface area contributed by atoms with Crippen LogP contribution < -0.4 is 10.0 Å². The first-order valence-electron chi connectivity index (χ1n) is 8.70. The van der Waals surface area contributed by atoms with Crippen molar-refractivity contribution in [1.29, 1.82) is 0 Å². The van der Waals surface area contributed by atoms with Crippen LogP contribution in [-0.4, -0.2) is 19.3 Å². The minimum absolute atomic E-state index is 0.0824. The fourth-order valence-electron chi connectivity index (χ4n) is 2.65. The summed E-state index contributed by atoms with van der Waals surface area (Å²) >= 11 is 0. The largest absolute Gasteiger partial charge is 0.306 e. The average Bonchev–Trinajstić information content (AvgIpc) is 2.67. The van der Waals surface area contributed by atoms with Crippen molar-refractivity contribution in [2.24, 2.45) is 0 Å². The molecule has 6 nitrogen and oxygen atoms in total. The predicted octanol–water partition coefficient (Wildman–Crippen LogP) is 4.06. The summed E-state index contributed by atoms with van der Waals surface area (Å²) < 4.78 is 27.9. The Kier molecular flexibility index (Phi) is 5.46. The van der Waals surface area contributed by atoms with Gasteiger partial charge in [-0.05, 0) is 73.9 Å². The van der Waals surface area contributed by atoms with Crippen molar-refractivity contribution in [3.05, 3.63) is 83.0 Å². The van der Waals surface area contributed by atoms with Crippen molar-refractivity contribution in [3.63, 3.8) is 0 Å². The Morgan fingerprint density at radius 1 is 0.893 bits per heavy atom. The molecule has 3 aromatic rings. The van der Waals surface area contributed by atoms with E-state index in [1.807, 2.05) is 32.9 Å². The second kappa shape index (κ2) is 7.82. The first kappa shape index (κ1) is 19.6. The van der Waals surface area contributed by atoms with Crippen LogP contribution in [0.2, 0.25) is 0 Å². The Balaban J connectivity index is 1.78. The summed E-state index contributed by atoms with van der Waals surface area (Å²) in [5.74, 6) is 0.119. The molecular formula is C21H21N3O3S. The summed E-state index contributed by atoms with van der Waals surface area (Å²) in [5.41, 5.74) is 3.58. The van der Waals surface area contributed by atoms with Gasteiger partial charge in [0.1, 0.15) is 5.82 Å². The lowest BCUT2D eigenvalue weighted by molar-refractivity contribution is 0.102. The van der Waals surface area contributed by atoms with Crippen LogP contribution in [-0.2, 0) is 10.0 Å². The molecule has 144 valence electrons. The third-order valence-corrected chi connectivity index (χ3v) is 5.90. The topological polar surface area (TPSA) is 88.2 Å². The van der Waals surface area contributed by atoms with Crippen LogP contribution in [0, 0.1) is 20.8 Å². The summed E-state index contributed by atoms with van der Waals surface area (Å²) in [7, 11) is -3.75. The smallest absolute Gasteiger partial charge is 0.261 e. The van der Waals surface area contributed by atoms with Gasteiger partial charge in [0.15, 0.2) is 0 Å². The van der Waals surface area contributed by atoms with Gasteiger partial charge in [0, 0.05) is 11.8 Å². The summed E-state index contributed by atoms with van der Waals surface area (Å²) in [5, 5.41) is 2.72. The number of rotatable bonds is 5. The van der Waals surface area contributed by atoms with Gasteiger partial charge in [-0.3, -0.25) is 9.52 Å². The van der Waals surface area contributed by atoms with E-state index in [-0.39, 0.29) is 10.8 Å². The van der Waals surface area contributed by atoms with E-state index in [1.54, 1.807) is 24.4 Å². The maximum absolute atomic E-state index is 12.7. The molecule has 0 saturated carbocycles. The summed E-state index contributed by atoms with van der Waals surface area (Å²) in [6, 6.07) is 14.8. The maximum atomic E-state index is 12.7. The van der Waals surface area contributed by atoms with Gasteiger partial charge >= 0.3 is 0 Å². The number of sulfonamides is 1. The zero-order valence-corrected chi connectivity index (χ0v) is 16.7. The Morgan fingerprint density at radius 3 is 2.25 bits per heavy atom. The Labute approximate surface area is 164 Å². The number of nitrogens with one attached hydrogen (secondary N) is 2. The van der Waals surface area contributed by atoms with Crippen LogP contribution in [0.3, 0.4) is 0 Å². The third kappa shape index (κ3) is 4.20. The molecular weight excluding hydrogens is 374 g/mol. The molecule has 0 aliphatic rings. The van der Waals surface area contributed by atoms with Gasteiger partial charge in [0.2, 0.25) is 0 Å². The molecule has 0 unspecified atom stereocenters. The number of benzene rings is 2. The average molecular weight is 395 g/mol. The molecule has 0 aliphatic carbocycles. The van der Waals surface area contributed by atoms with Crippen LogP contribution >= 0.6 is 0 Å². The van der Waals surface area contributed by atoms with Gasteiger partial charge in [0.05, 0.1) is 10.6 Å². The number of amides is 1. The second-order valence-electron chi connectivity index (χ2n) is 6.50. The number of hydrogen-bond acceptors (Lipinski definition) is 4. The van der Waals surface area contributed by atoms with E-state index >= 15 is 0 Å². The fourth-order valence-corrected chi connectivity index (χ4v) is 3.77. The molecule has 0 radical (unpaired) electrons. The molecule has 0 aliphatic heterocycles. The van der Waals surface area contributed by atoms with Crippen LogP contribution in [0.4, 0.5) is 11.5 Å². The van der Waals surface area contributed by atoms with E-state index in [4.69, 9.17) is 0 Å². The number of hydrogen-bond donors (Lipinski definition) is 2. The third-order valence-electron chi connectivity index (χ3n) is 4.52. The highest BCUT2D eigenvalue weighted by atomic mass is 32.2. The van der Waals surface area contributed by atoms with Gasteiger partial charge in [-0.2, -0.15) is 0 Å². The SMILES string of the molecule is Cc1cccnc1NC(=O)c1ccc(S(=O)(=O)Nc2cccc(C)c2C)cc1. The lowest BCUT2D eigenvalue weighted by Crippen LogP contribution is -2.16. The maximum Gasteiger partial charge on any atom is 0.261 e. The van der Waals surface area contributed by atoms with Crippen LogP contribution in [0.1, 0.15) is 27.0 Å². The number of nitrogens with zero attached hydrogens (tertiary/aromatic N) is 1. The highest BCUT2D eigenvalue weighted by molar-refractivity contribution is 7.92. The molecule has 0 bridgehead atoms. The molecule has 1 heterocycles. The first-order valence-corrected chi connectivity index (χ1v) is 10.2. The summed E-state index contributed by atoms with van der Waals surface area (Å²) in [6.45, 7) is 5.63. The minimum atomic E-state index is -3.75. The molecule has 28 heavy (non-hydrogen) atoms. The molecule has 2 N–H and O–H groups in total. The van der Waals surface area contributed by atoms with Crippen LogP contribution in [0.25, 0.3) is 0 Å². The van der Waals surface area contributed by atoms with Gasteiger partial charge in [0.25, 0.3) is 15.9 Å². The molecule has 3 rings (SSSR count). The minimum Gasteiger partial charge on any atom is -0.306 e. The molecule has 2 aromatic carbocycles. The standard InChI is InChI=1S/C21H21N3O3S/c1-14-6-4-8-19(16(14)3)24-28(26,27)18-11-9-17(10-12-18)21(25)23-20-15(2)7-5-13-22-20/h4-13,24H,1-3H3,(H,22,23,25). The molecule has 0 fully saturated rings. The fraction of sp³-hybridized carbons (Fsp3) is 0.143. The molecule has 0 atom stereocenters. The summed E-state index contributed by atoms with van der Waals surface area (Å²) in [4.78, 5) is 16.6. The molecule has 1 amide bonds. The zero-order valence-electron chi connectivity index (χ0n) is 15.9. The number of aryl methyl sites for hydroxylation is 2. The van der Waals surface area contributed by atoms with Crippen molar-refractivity contribution in [2.45, 2.75) is 25.7 Å². The van der Waals surface area contributed by atoms with E-state index in [0.717, 1.165) is 16.7 Å². The normalized spacial score (nSPS) is 11.1. The number of pyridine rings is 1. The lowest BCUT2D eigenvalue weighted by atomic mass is 10.1. The van der Waals surface area contributed by atoms with Crippen LogP contribution in [0.5, 0.6) is 0 Å². The second-order valence-corrected chi connectivity index (χ2v) is 8.18. The van der Waals surface area contributed by atoms with E-state index in [1.165, 1.54) is 24.3 Å². The summed E-state index contributed by atoms with van der Waals surface area (Å²) in [6.07, 6.45) is 1.59. The lowest BCUT2D eigenvalue weighted by Gasteiger charge is -2.12. The van der Waals surface area contributed by atoms with Crippen molar-refractivity contribution in [3.8, 4) is 0 Å². The highest BCUT2D eigenvalue weighted by Crippen LogP contribution is 2.22. The molecule has 7 heteroatoms. The Bertz CT molecular complexity index is 1120. The molecule has 1 aromatic heterocycles. The monoisotopic (exact) mass is 395 g/mol. The van der Waals surface area contributed by atoms with Crippen LogP contribution in [0.15, 0.2) is 65.7 Å². The molecule has 0 saturated heterocycles. The van der Waals surface area contributed by atoms with Gasteiger partial charge < -0.3 is 5.32 Å². The van der Waals surface area contributed by atoms with E-state index in [2.05, 4.69) is 15.0 Å². The van der Waals surface area contributed by atoms with Gasteiger partial charge in [-0.25, -0.2) is 13.4 Å². The van der Waals surface area contributed by atoms with E-state index in [9.17, 15) is 13.2 Å². The zero-order chi connectivity index (χ0) is 20.3. The van der Waals surface area contributed by atoms with Crippen molar-refractivity contribution in [1.82, 2.24) is 4.98 Å². The highest BCUT2D eigenvalue weighted by Gasteiger charge is 2.17. The Morgan fingerprint density at radius 2 is 1.57 bits per heavy atom. The van der Waals surface area contributed by atoms with Gasteiger partial charge in [-0.15, -0.1) is 0 Å². The Hall–Kier alpha value is -3.19. The molecule has 0 spiro atoms. The van der Waals surface area contributed by atoms with E-state index < -0.39 is 10.0 Å². The number of carbonyl (C=O) groups is 1. The number of carbonyl (C=O) groups excluding carboxylic acids is 1. The first-order chi connectivity index (χ1) is 13.3. The quantitative estimate of drug-likeness (QED) is 0.682. The van der Waals surface area contributed by atoms with Crippen molar-refractivity contribution in [2.75, 3.05) is 10.0 Å². The number of anilines is 2. The predicted molar refractivity (Wildman–Crippen MR) is 110 cm³/mol. The van der Waals surface area contributed by atoms with Crippen molar-refractivity contribution < 1.29 is 13.2 Å². The van der Waals surface area contributed by atoms with Gasteiger partial charge in [-0.1, -0.05) is 18.2 Å². The number of aromatic nitrogens is 1. The van der Waals surface area contributed by atoms with Crippen molar-refractivity contribution >= 4 is 27.4 Å².